The van der Waals surface area contributed by atoms with E-state index in [0.29, 0.717) is 23.2 Å². The molecular weight excluding hydrogens is 379 g/mol. The van der Waals surface area contributed by atoms with E-state index in [1.807, 2.05) is 4.68 Å². The highest BCUT2D eigenvalue weighted by Crippen LogP contribution is 2.32. The number of amides is 1. The molecule has 1 amide bonds. The molecule has 0 saturated heterocycles. The fraction of sp³-hybridized carbons (Fsp3) is 0.273. The van der Waals surface area contributed by atoms with Crippen molar-refractivity contribution >= 4 is 5.91 Å². The molecule has 2 heterocycles. The van der Waals surface area contributed by atoms with Gasteiger partial charge in [-0.25, -0.2) is 0 Å². The molecule has 7 heteroatoms. The first-order chi connectivity index (χ1) is 13.9. The average molecular weight is 399 g/mol. The van der Waals surface area contributed by atoms with Gasteiger partial charge >= 0.3 is 6.18 Å². The van der Waals surface area contributed by atoms with Crippen LogP contribution in [0.15, 0.2) is 54.7 Å². The van der Waals surface area contributed by atoms with Gasteiger partial charge in [-0.05, 0) is 48.6 Å². The molecule has 1 aliphatic rings. The smallest absolute Gasteiger partial charge is 0.348 e. The van der Waals surface area contributed by atoms with Gasteiger partial charge < -0.3 is 5.32 Å². The van der Waals surface area contributed by atoms with E-state index in [0.717, 1.165) is 49.2 Å². The zero-order valence-electron chi connectivity index (χ0n) is 15.7. The summed E-state index contributed by atoms with van der Waals surface area (Å²) in [6.45, 7) is 1.27. The van der Waals surface area contributed by atoms with Crippen LogP contribution in [0.1, 0.15) is 40.0 Å². The standard InChI is InChI=1S/C22H20F3N3O/c23-22(24,25)17-10-8-15(9-11-17)18-5-1-2-6-19(18)21(29)26-13-16-14-27-28-12-4-3-7-20(16)28/h1-2,5-6,8-11,14H,3-4,7,12-13H2,(H,26,29). The molecular formula is C22H20F3N3O. The highest BCUT2D eigenvalue weighted by atomic mass is 19.4. The van der Waals surface area contributed by atoms with E-state index in [4.69, 9.17) is 0 Å². The summed E-state index contributed by atoms with van der Waals surface area (Å²) in [5, 5.41) is 7.30. The van der Waals surface area contributed by atoms with Crippen molar-refractivity contribution in [3.63, 3.8) is 0 Å². The number of nitrogens with one attached hydrogen (secondary N) is 1. The minimum absolute atomic E-state index is 0.267. The van der Waals surface area contributed by atoms with Crippen LogP contribution in [-0.4, -0.2) is 15.7 Å². The van der Waals surface area contributed by atoms with Gasteiger partial charge in [-0.15, -0.1) is 0 Å². The first-order valence-electron chi connectivity index (χ1n) is 9.52. The van der Waals surface area contributed by atoms with E-state index in [9.17, 15) is 18.0 Å². The van der Waals surface area contributed by atoms with E-state index >= 15 is 0 Å². The van der Waals surface area contributed by atoms with Crippen molar-refractivity contribution in [2.24, 2.45) is 0 Å². The summed E-state index contributed by atoms with van der Waals surface area (Å²) in [5.41, 5.74) is 3.03. The molecule has 2 aromatic carbocycles. The third-order valence-corrected chi connectivity index (χ3v) is 5.20. The molecule has 4 nitrogen and oxygen atoms in total. The van der Waals surface area contributed by atoms with Crippen LogP contribution in [0.5, 0.6) is 0 Å². The lowest BCUT2D eigenvalue weighted by atomic mass is 9.98. The molecule has 3 aromatic rings. The van der Waals surface area contributed by atoms with E-state index in [2.05, 4.69) is 10.4 Å². The van der Waals surface area contributed by atoms with Crippen LogP contribution in [0, 0.1) is 0 Å². The number of carbonyl (C=O) groups is 1. The fourth-order valence-electron chi connectivity index (χ4n) is 3.68. The Labute approximate surface area is 166 Å². The summed E-state index contributed by atoms with van der Waals surface area (Å²) in [6, 6.07) is 11.8. The van der Waals surface area contributed by atoms with E-state index in [1.165, 1.54) is 12.1 Å². The van der Waals surface area contributed by atoms with Crippen molar-refractivity contribution in [3.05, 3.63) is 77.1 Å². The Morgan fingerprint density at radius 3 is 2.59 bits per heavy atom. The van der Waals surface area contributed by atoms with Gasteiger partial charge in [-0.2, -0.15) is 18.3 Å². The van der Waals surface area contributed by atoms with E-state index in [-0.39, 0.29) is 5.91 Å². The predicted molar refractivity (Wildman–Crippen MR) is 103 cm³/mol. The fourth-order valence-corrected chi connectivity index (χ4v) is 3.68. The Morgan fingerprint density at radius 2 is 1.83 bits per heavy atom. The molecule has 1 aromatic heterocycles. The van der Waals surface area contributed by atoms with Gasteiger partial charge in [0.1, 0.15) is 0 Å². The summed E-state index contributed by atoms with van der Waals surface area (Å²) < 4.78 is 40.4. The topological polar surface area (TPSA) is 46.9 Å². The molecule has 29 heavy (non-hydrogen) atoms. The van der Waals surface area contributed by atoms with Gasteiger partial charge in [-0.3, -0.25) is 9.48 Å². The molecule has 0 bridgehead atoms. The zero-order valence-corrected chi connectivity index (χ0v) is 15.7. The van der Waals surface area contributed by atoms with E-state index < -0.39 is 11.7 Å². The summed E-state index contributed by atoms with van der Waals surface area (Å²) in [5.74, 6) is -0.267. The second-order valence-electron chi connectivity index (χ2n) is 7.10. The first kappa shape index (κ1) is 19.2. The molecule has 4 rings (SSSR count). The van der Waals surface area contributed by atoms with Crippen LogP contribution in [0.25, 0.3) is 11.1 Å². The number of aromatic nitrogens is 2. The molecule has 0 atom stereocenters. The van der Waals surface area contributed by atoms with Crippen LogP contribution < -0.4 is 5.32 Å². The Hall–Kier alpha value is -3.09. The molecule has 0 saturated carbocycles. The maximum absolute atomic E-state index is 12.8. The molecule has 150 valence electrons. The van der Waals surface area contributed by atoms with Crippen molar-refractivity contribution in [1.29, 1.82) is 0 Å². The number of alkyl halides is 3. The highest BCUT2D eigenvalue weighted by Gasteiger charge is 2.30. The Bertz CT molecular complexity index is 1020. The largest absolute Gasteiger partial charge is 0.416 e. The number of halogens is 3. The number of hydrogen-bond donors (Lipinski definition) is 1. The second kappa shape index (κ2) is 7.73. The SMILES string of the molecule is O=C(NCc1cnn2c1CCCC2)c1ccccc1-c1ccc(C(F)(F)F)cc1. The number of aryl methyl sites for hydroxylation is 1. The monoisotopic (exact) mass is 399 g/mol. The Morgan fingerprint density at radius 1 is 1.07 bits per heavy atom. The zero-order chi connectivity index (χ0) is 20.4. The molecule has 1 N–H and O–H groups in total. The third kappa shape index (κ3) is 4.04. The minimum Gasteiger partial charge on any atom is -0.348 e. The summed E-state index contributed by atoms with van der Waals surface area (Å²) >= 11 is 0. The lowest BCUT2D eigenvalue weighted by Gasteiger charge is -2.15. The van der Waals surface area contributed by atoms with Crippen LogP contribution in [0.2, 0.25) is 0 Å². The van der Waals surface area contributed by atoms with Gasteiger partial charge in [0.2, 0.25) is 0 Å². The van der Waals surface area contributed by atoms with Crippen LogP contribution in [0.3, 0.4) is 0 Å². The highest BCUT2D eigenvalue weighted by molar-refractivity contribution is 6.00. The van der Waals surface area contributed by atoms with E-state index in [1.54, 1.807) is 30.5 Å². The minimum atomic E-state index is -4.39. The quantitative estimate of drug-likeness (QED) is 0.683. The summed E-state index contributed by atoms with van der Waals surface area (Å²) in [6.07, 6.45) is 0.584. The number of rotatable bonds is 4. The Kier molecular flexibility index (Phi) is 5.13. The molecule has 0 radical (unpaired) electrons. The maximum atomic E-state index is 12.8. The first-order valence-corrected chi connectivity index (χ1v) is 9.52. The number of benzene rings is 2. The van der Waals surface area contributed by atoms with Crippen LogP contribution in [-0.2, 0) is 25.7 Å². The molecule has 0 unspecified atom stereocenters. The molecule has 0 aliphatic carbocycles. The normalized spacial score (nSPS) is 13.8. The summed E-state index contributed by atoms with van der Waals surface area (Å²) in [7, 11) is 0. The molecule has 0 fully saturated rings. The Balaban J connectivity index is 1.53. The van der Waals surface area contributed by atoms with Crippen molar-refractivity contribution in [3.8, 4) is 11.1 Å². The van der Waals surface area contributed by atoms with Gasteiger partial charge in [0, 0.05) is 29.9 Å². The van der Waals surface area contributed by atoms with Crippen molar-refractivity contribution in [2.75, 3.05) is 0 Å². The van der Waals surface area contributed by atoms with Gasteiger partial charge in [0.25, 0.3) is 5.91 Å². The lowest BCUT2D eigenvalue weighted by Crippen LogP contribution is -2.24. The molecule has 0 spiro atoms. The average Bonchev–Trinajstić information content (AvgIpc) is 3.15. The number of nitrogens with zero attached hydrogens (tertiary/aromatic N) is 2. The second-order valence-corrected chi connectivity index (χ2v) is 7.10. The number of fused-ring (bicyclic) bond motifs is 1. The van der Waals surface area contributed by atoms with Gasteiger partial charge in [-0.1, -0.05) is 30.3 Å². The van der Waals surface area contributed by atoms with Crippen molar-refractivity contribution in [2.45, 2.75) is 38.5 Å². The van der Waals surface area contributed by atoms with Crippen LogP contribution >= 0.6 is 0 Å². The van der Waals surface area contributed by atoms with Gasteiger partial charge in [0.05, 0.1) is 11.8 Å². The van der Waals surface area contributed by atoms with Crippen molar-refractivity contribution < 1.29 is 18.0 Å². The predicted octanol–water partition coefficient (Wildman–Crippen LogP) is 4.84. The molecule has 1 aliphatic heterocycles. The number of hydrogen-bond acceptors (Lipinski definition) is 2. The maximum Gasteiger partial charge on any atom is 0.416 e. The van der Waals surface area contributed by atoms with Gasteiger partial charge in [0.15, 0.2) is 0 Å². The third-order valence-electron chi connectivity index (χ3n) is 5.20. The lowest BCUT2D eigenvalue weighted by molar-refractivity contribution is -0.137. The number of carbonyl (C=O) groups excluding carboxylic acids is 1. The van der Waals surface area contributed by atoms with Crippen molar-refractivity contribution in [1.82, 2.24) is 15.1 Å². The van der Waals surface area contributed by atoms with Crippen LogP contribution in [0.4, 0.5) is 13.2 Å². The summed E-state index contributed by atoms with van der Waals surface area (Å²) in [4.78, 5) is 12.8.